The summed E-state index contributed by atoms with van der Waals surface area (Å²) in [6, 6.07) is 6.38. The number of aliphatic imine (C=N–C) groups is 1. The molecule has 2 rings (SSSR count). The van der Waals surface area contributed by atoms with Gasteiger partial charge in [0.15, 0.2) is 5.96 Å². The average Bonchev–Trinajstić information content (AvgIpc) is 2.85. The molecular formula is C18H27IN4S. The first-order chi connectivity index (χ1) is 11.0. The SMILES string of the molecule is CCc1cccc(CC)c1NC(N)=NCCc1sc(C)nc1C.I. The highest BCUT2D eigenvalue weighted by Crippen LogP contribution is 2.22. The molecule has 0 amide bonds. The molecule has 0 saturated heterocycles. The van der Waals surface area contributed by atoms with E-state index >= 15 is 0 Å². The van der Waals surface area contributed by atoms with Gasteiger partial charge in [0.1, 0.15) is 0 Å². The lowest BCUT2D eigenvalue weighted by atomic mass is 10.0. The maximum atomic E-state index is 6.09. The van der Waals surface area contributed by atoms with Gasteiger partial charge in [-0.2, -0.15) is 0 Å². The highest BCUT2D eigenvalue weighted by molar-refractivity contribution is 14.0. The molecule has 0 unspecified atom stereocenters. The summed E-state index contributed by atoms with van der Waals surface area (Å²) in [7, 11) is 0. The molecule has 1 aromatic heterocycles. The maximum Gasteiger partial charge on any atom is 0.193 e. The molecule has 0 saturated carbocycles. The molecule has 2 aromatic rings. The number of anilines is 1. The highest BCUT2D eigenvalue weighted by Gasteiger charge is 2.07. The van der Waals surface area contributed by atoms with Gasteiger partial charge >= 0.3 is 0 Å². The van der Waals surface area contributed by atoms with Gasteiger partial charge in [0.2, 0.25) is 0 Å². The van der Waals surface area contributed by atoms with Gasteiger partial charge in [-0.1, -0.05) is 32.0 Å². The minimum Gasteiger partial charge on any atom is -0.370 e. The number of halogens is 1. The zero-order valence-electron chi connectivity index (χ0n) is 14.8. The molecule has 0 aliphatic rings. The van der Waals surface area contributed by atoms with Crippen LogP contribution in [0.25, 0.3) is 0 Å². The van der Waals surface area contributed by atoms with Crippen molar-refractivity contribution in [3.8, 4) is 0 Å². The molecule has 4 nitrogen and oxygen atoms in total. The quantitative estimate of drug-likeness (QED) is 0.382. The van der Waals surface area contributed by atoms with Crippen molar-refractivity contribution in [2.75, 3.05) is 11.9 Å². The minimum atomic E-state index is 0. The van der Waals surface area contributed by atoms with Gasteiger partial charge in [-0.15, -0.1) is 35.3 Å². The van der Waals surface area contributed by atoms with E-state index in [1.807, 2.05) is 6.92 Å². The van der Waals surface area contributed by atoms with Crippen LogP contribution in [0, 0.1) is 13.8 Å². The molecule has 0 fully saturated rings. The first-order valence-corrected chi connectivity index (χ1v) is 8.97. The average molecular weight is 458 g/mol. The van der Waals surface area contributed by atoms with Crippen molar-refractivity contribution in [2.45, 2.75) is 47.0 Å². The van der Waals surface area contributed by atoms with E-state index in [0.717, 1.165) is 35.7 Å². The van der Waals surface area contributed by atoms with Crippen LogP contribution in [-0.4, -0.2) is 17.5 Å². The van der Waals surface area contributed by atoms with Crippen molar-refractivity contribution >= 4 is 47.0 Å². The van der Waals surface area contributed by atoms with Crippen LogP contribution < -0.4 is 11.1 Å². The largest absolute Gasteiger partial charge is 0.370 e. The molecule has 0 aliphatic carbocycles. The topological polar surface area (TPSA) is 63.3 Å². The molecule has 0 spiro atoms. The lowest BCUT2D eigenvalue weighted by molar-refractivity contribution is 0.964. The van der Waals surface area contributed by atoms with E-state index in [1.54, 1.807) is 11.3 Å². The van der Waals surface area contributed by atoms with E-state index < -0.39 is 0 Å². The smallest absolute Gasteiger partial charge is 0.193 e. The number of aromatic nitrogens is 1. The van der Waals surface area contributed by atoms with Crippen LogP contribution in [0.15, 0.2) is 23.2 Å². The molecule has 1 aromatic carbocycles. The van der Waals surface area contributed by atoms with Crippen LogP contribution in [0.1, 0.15) is 40.6 Å². The molecule has 0 aliphatic heterocycles. The first-order valence-electron chi connectivity index (χ1n) is 8.15. The number of aryl methyl sites for hydroxylation is 4. The molecule has 0 bridgehead atoms. The highest BCUT2D eigenvalue weighted by atomic mass is 127. The molecule has 3 N–H and O–H groups in total. The Kier molecular flexibility index (Phi) is 8.69. The van der Waals surface area contributed by atoms with Crippen LogP contribution in [0.3, 0.4) is 0 Å². The molecule has 0 atom stereocenters. The molecule has 1 heterocycles. The van der Waals surface area contributed by atoms with Crippen molar-refractivity contribution < 1.29 is 0 Å². The maximum absolute atomic E-state index is 6.09. The van der Waals surface area contributed by atoms with Crippen molar-refractivity contribution in [3.63, 3.8) is 0 Å². The monoisotopic (exact) mass is 458 g/mol. The number of nitrogens with two attached hydrogens (primary N) is 1. The lowest BCUT2D eigenvalue weighted by Gasteiger charge is -2.14. The number of nitrogens with zero attached hydrogens (tertiary/aromatic N) is 2. The van der Waals surface area contributed by atoms with Crippen LogP contribution in [-0.2, 0) is 19.3 Å². The van der Waals surface area contributed by atoms with Gasteiger partial charge in [-0.25, -0.2) is 4.98 Å². The van der Waals surface area contributed by atoms with Gasteiger partial charge in [-0.05, 0) is 37.8 Å². The fourth-order valence-corrected chi connectivity index (χ4v) is 3.58. The van der Waals surface area contributed by atoms with E-state index in [9.17, 15) is 0 Å². The standard InChI is InChI=1S/C18H26N4S.HI/c1-5-14-8-7-9-15(6-2)17(14)22-18(19)20-11-10-16-12(3)21-13(4)23-16;/h7-9H,5-6,10-11H2,1-4H3,(H3,19,20,22);1H. The predicted molar refractivity (Wildman–Crippen MR) is 116 cm³/mol. The molecule has 24 heavy (non-hydrogen) atoms. The summed E-state index contributed by atoms with van der Waals surface area (Å²) in [6.07, 6.45) is 2.83. The van der Waals surface area contributed by atoms with Crippen LogP contribution in [0.5, 0.6) is 0 Å². The molecule has 132 valence electrons. The Morgan fingerprint density at radius 3 is 2.33 bits per heavy atom. The lowest BCUT2D eigenvalue weighted by Crippen LogP contribution is -2.24. The molecule has 6 heteroatoms. The molecular weight excluding hydrogens is 431 g/mol. The van der Waals surface area contributed by atoms with E-state index in [0.29, 0.717) is 12.5 Å². The van der Waals surface area contributed by atoms with Gasteiger partial charge in [-0.3, -0.25) is 4.99 Å². The summed E-state index contributed by atoms with van der Waals surface area (Å²) >= 11 is 1.74. The first kappa shape index (κ1) is 20.9. The van der Waals surface area contributed by atoms with Crippen LogP contribution >= 0.6 is 35.3 Å². The number of rotatable bonds is 6. The minimum absolute atomic E-state index is 0. The van der Waals surface area contributed by atoms with Crippen LogP contribution in [0.2, 0.25) is 0 Å². The third kappa shape index (κ3) is 5.44. The zero-order valence-corrected chi connectivity index (χ0v) is 18.0. The summed E-state index contributed by atoms with van der Waals surface area (Å²) in [5.74, 6) is 0.486. The number of para-hydroxylation sites is 1. The number of hydrogen-bond acceptors (Lipinski definition) is 3. The predicted octanol–water partition coefficient (Wildman–Crippen LogP) is 4.47. The van der Waals surface area contributed by atoms with Crippen molar-refractivity contribution in [2.24, 2.45) is 10.7 Å². The third-order valence-corrected chi connectivity index (χ3v) is 5.01. The summed E-state index contributed by atoms with van der Waals surface area (Å²) in [6.45, 7) is 9.07. The Hall–Kier alpha value is -1.15. The second kappa shape index (κ2) is 9.98. The van der Waals surface area contributed by atoms with Gasteiger partial charge in [0, 0.05) is 23.5 Å². The number of thiazole rings is 1. The Morgan fingerprint density at radius 2 is 1.83 bits per heavy atom. The number of nitrogens with one attached hydrogen (secondary N) is 1. The number of benzene rings is 1. The van der Waals surface area contributed by atoms with Crippen LogP contribution in [0.4, 0.5) is 5.69 Å². The second-order valence-corrected chi connectivity index (χ2v) is 6.83. The summed E-state index contributed by atoms with van der Waals surface area (Å²) < 4.78 is 0. The number of guanidine groups is 1. The Balaban J connectivity index is 0.00000288. The fourth-order valence-electron chi connectivity index (χ4n) is 2.65. The Labute approximate surface area is 166 Å². The second-order valence-electron chi connectivity index (χ2n) is 5.54. The third-order valence-electron chi connectivity index (χ3n) is 3.87. The van der Waals surface area contributed by atoms with Gasteiger partial charge in [0.05, 0.1) is 10.7 Å². The van der Waals surface area contributed by atoms with Crippen molar-refractivity contribution in [3.05, 3.63) is 44.9 Å². The van der Waals surface area contributed by atoms with E-state index in [1.165, 1.54) is 16.0 Å². The summed E-state index contributed by atoms with van der Waals surface area (Å²) in [4.78, 5) is 10.2. The molecule has 0 radical (unpaired) electrons. The normalized spacial score (nSPS) is 11.2. The van der Waals surface area contributed by atoms with E-state index in [-0.39, 0.29) is 24.0 Å². The van der Waals surface area contributed by atoms with E-state index in [4.69, 9.17) is 5.73 Å². The summed E-state index contributed by atoms with van der Waals surface area (Å²) in [5.41, 5.74) is 10.9. The van der Waals surface area contributed by atoms with E-state index in [2.05, 4.69) is 54.3 Å². The van der Waals surface area contributed by atoms with Gasteiger partial charge in [0.25, 0.3) is 0 Å². The summed E-state index contributed by atoms with van der Waals surface area (Å²) in [5, 5.41) is 4.41. The Bertz CT molecular complexity index is 672. The zero-order chi connectivity index (χ0) is 16.8. The van der Waals surface area contributed by atoms with Crippen molar-refractivity contribution in [1.82, 2.24) is 4.98 Å². The fraction of sp³-hybridized carbons (Fsp3) is 0.444. The van der Waals surface area contributed by atoms with Gasteiger partial charge < -0.3 is 11.1 Å². The van der Waals surface area contributed by atoms with Crippen molar-refractivity contribution in [1.29, 1.82) is 0 Å². The Morgan fingerprint density at radius 1 is 1.21 bits per heavy atom. The number of hydrogen-bond donors (Lipinski definition) is 2.